The van der Waals surface area contributed by atoms with Gasteiger partial charge in [-0.2, -0.15) is 0 Å². The van der Waals surface area contributed by atoms with Gasteiger partial charge in [-0.05, 0) is 20.3 Å². The molecule has 1 heterocycles. The van der Waals surface area contributed by atoms with E-state index < -0.39 is 0 Å². The van der Waals surface area contributed by atoms with Crippen LogP contribution in [0.5, 0.6) is 0 Å². The van der Waals surface area contributed by atoms with E-state index >= 15 is 0 Å². The van der Waals surface area contributed by atoms with Crippen molar-refractivity contribution in [1.29, 1.82) is 0 Å². The standard InChI is InChI=1S/C10H21NO/c1-6-8-11-7-9(2,3)10(4,5)12-8/h8,11H,6-7H2,1-5H3. The van der Waals surface area contributed by atoms with Gasteiger partial charge in [-0.3, -0.25) is 5.32 Å². The Morgan fingerprint density at radius 2 is 1.92 bits per heavy atom. The second kappa shape index (κ2) is 3.00. The Morgan fingerprint density at radius 3 is 2.33 bits per heavy atom. The molecule has 1 saturated heterocycles. The van der Waals surface area contributed by atoms with E-state index in [1.54, 1.807) is 0 Å². The average Bonchev–Trinajstić information content (AvgIpc) is 1.95. The molecule has 1 fully saturated rings. The minimum absolute atomic E-state index is 0.0150. The van der Waals surface area contributed by atoms with Gasteiger partial charge in [0, 0.05) is 12.0 Å². The van der Waals surface area contributed by atoms with Gasteiger partial charge in [0.05, 0.1) is 5.60 Å². The highest BCUT2D eigenvalue weighted by atomic mass is 16.5. The van der Waals surface area contributed by atoms with Crippen LogP contribution in [-0.2, 0) is 4.74 Å². The van der Waals surface area contributed by atoms with Crippen molar-refractivity contribution >= 4 is 0 Å². The summed E-state index contributed by atoms with van der Waals surface area (Å²) in [5.41, 5.74) is 0.206. The van der Waals surface area contributed by atoms with Crippen LogP contribution in [0.25, 0.3) is 0 Å². The molecule has 0 bridgehead atoms. The fourth-order valence-electron chi connectivity index (χ4n) is 1.37. The minimum Gasteiger partial charge on any atom is -0.357 e. The lowest BCUT2D eigenvalue weighted by atomic mass is 9.76. The molecule has 0 amide bonds. The minimum atomic E-state index is -0.0150. The van der Waals surface area contributed by atoms with Crippen LogP contribution in [0.4, 0.5) is 0 Å². The highest BCUT2D eigenvalue weighted by Gasteiger charge is 2.42. The Hall–Kier alpha value is -0.0800. The second-order valence-electron chi connectivity index (χ2n) is 4.79. The van der Waals surface area contributed by atoms with E-state index in [9.17, 15) is 0 Å². The van der Waals surface area contributed by atoms with Crippen molar-refractivity contribution in [1.82, 2.24) is 5.32 Å². The Morgan fingerprint density at radius 1 is 1.33 bits per heavy atom. The molecule has 0 spiro atoms. The van der Waals surface area contributed by atoms with Gasteiger partial charge in [0.2, 0.25) is 0 Å². The van der Waals surface area contributed by atoms with Crippen LogP contribution in [0.15, 0.2) is 0 Å². The van der Waals surface area contributed by atoms with Crippen LogP contribution in [0.1, 0.15) is 41.0 Å². The quantitative estimate of drug-likeness (QED) is 0.652. The number of rotatable bonds is 1. The van der Waals surface area contributed by atoms with Gasteiger partial charge >= 0.3 is 0 Å². The summed E-state index contributed by atoms with van der Waals surface area (Å²) < 4.78 is 5.93. The highest BCUT2D eigenvalue weighted by Crippen LogP contribution is 2.37. The zero-order valence-electron chi connectivity index (χ0n) is 8.90. The molecular formula is C10H21NO. The summed E-state index contributed by atoms with van der Waals surface area (Å²) in [5.74, 6) is 0. The fourth-order valence-corrected chi connectivity index (χ4v) is 1.37. The molecule has 72 valence electrons. The molecule has 0 aromatic heterocycles. The molecule has 1 atom stereocenters. The molecule has 0 aromatic carbocycles. The molecule has 0 aliphatic carbocycles. The molecule has 1 rings (SSSR count). The molecule has 0 radical (unpaired) electrons. The lowest BCUT2D eigenvalue weighted by Gasteiger charge is -2.48. The largest absolute Gasteiger partial charge is 0.357 e. The summed E-state index contributed by atoms with van der Waals surface area (Å²) in [6, 6.07) is 0. The summed E-state index contributed by atoms with van der Waals surface area (Å²) in [6.07, 6.45) is 1.28. The van der Waals surface area contributed by atoms with Crippen molar-refractivity contribution in [2.75, 3.05) is 6.54 Å². The molecule has 0 aromatic rings. The SMILES string of the molecule is CCC1NCC(C)(C)C(C)(C)O1. The summed E-state index contributed by atoms with van der Waals surface area (Å²) in [5, 5.41) is 3.39. The molecule has 1 unspecified atom stereocenters. The van der Waals surface area contributed by atoms with Gasteiger partial charge in [0.1, 0.15) is 6.23 Å². The van der Waals surface area contributed by atoms with E-state index in [4.69, 9.17) is 4.74 Å². The Bertz CT molecular complexity index is 163. The van der Waals surface area contributed by atoms with Crippen LogP contribution in [-0.4, -0.2) is 18.4 Å². The van der Waals surface area contributed by atoms with Crippen LogP contribution in [0, 0.1) is 5.41 Å². The molecule has 12 heavy (non-hydrogen) atoms. The first-order valence-corrected chi connectivity index (χ1v) is 4.80. The Balaban J connectivity index is 2.68. The Kier molecular flexibility index (Phi) is 2.50. The third-order valence-corrected chi connectivity index (χ3v) is 3.21. The number of hydrogen-bond donors (Lipinski definition) is 1. The number of hydrogen-bond acceptors (Lipinski definition) is 2. The third kappa shape index (κ3) is 1.64. The summed E-state index contributed by atoms with van der Waals surface area (Å²) in [4.78, 5) is 0. The summed E-state index contributed by atoms with van der Waals surface area (Å²) in [6.45, 7) is 12.0. The van der Waals surface area contributed by atoms with Crippen molar-refractivity contribution in [2.24, 2.45) is 5.41 Å². The van der Waals surface area contributed by atoms with E-state index in [0.29, 0.717) is 0 Å². The van der Waals surface area contributed by atoms with Crippen LogP contribution in [0.3, 0.4) is 0 Å². The monoisotopic (exact) mass is 171 g/mol. The Labute approximate surface area is 75.7 Å². The first-order chi connectivity index (χ1) is 5.39. The maximum absolute atomic E-state index is 5.93. The van der Waals surface area contributed by atoms with Crippen LogP contribution < -0.4 is 5.32 Å². The van der Waals surface area contributed by atoms with E-state index in [-0.39, 0.29) is 17.2 Å². The fraction of sp³-hybridized carbons (Fsp3) is 1.00. The molecule has 2 nitrogen and oxygen atoms in total. The van der Waals surface area contributed by atoms with E-state index in [2.05, 4.69) is 39.9 Å². The first kappa shape index (κ1) is 10.0. The zero-order valence-corrected chi connectivity index (χ0v) is 8.90. The molecule has 0 saturated carbocycles. The summed E-state index contributed by atoms with van der Waals surface area (Å²) in [7, 11) is 0. The number of nitrogens with one attached hydrogen (secondary N) is 1. The third-order valence-electron chi connectivity index (χ3n) is 3.21. The van der Waals surface area contributed by atoms with Gasteiger partial charge < -0.3 is 4.74 Å². The predicted octanol–water partition coefficient (Wildman–Crippen LogP) is 2.15. The zero-order chi connectivity index (χ0) is 9.41. The van der Waals surface area contributed by atoms with Gasteiger partial charge in [-0.25, -0.2) is 0 Å². The molecule has 1 aliphatic heterocycles. The van der Waals surface area contributed by atoms with Crippen molar-refractivity contribution < 1.29 is 4.74 Å². The van der Waals surface area contributed by atoms with Gasteiger partial charge in [0.25, 0.3) is 0 Å². The van der Waals surface area contributed by atoms with Crippen molar-refractivity contribution in [2.45, 2.75) is 52.9 Å². The van der Waals surface area contributed by atoms with Crippen LogP contribution >= 0.6 is 0 Å². The van der Waals surface area contributed by atoms with E-state index in [1.165, 1.54) is 0 Å². The smallest absolute Gasteiger partial charge is 0.108 e. The highest BCUT2D eigenvalue weighted by molar-refractivity contribution is 4.93. The van der Waals surface area contributed by atoms with E-state index in [0.717, 1.165) is 13.0 Å². The molecule has 1 N–H and O–H groups in total. The predicted molar refractivity (Wildman–Crippen MR) is 51.0 cm³/mol. The normalized spacial score (nSPS) is 33.2. The topological polar surface area (TPSA) is 21.3 Å². The molecular weight excluding hydrogens is 150 g/mol. The molecule has 2 heteroatoms. The number of ether oxygens (including phenoxy) is 1. The van der Waals surface area contributed by atoms with Crippen molar-refractivity contribution in [3.63, 3.8) is 0 Å². The van der Waals surface area contributed by atoms with E-state index in [1.807, 2.05) is 0 Å². The van der Waals surface area contributed by atoms with Crippen LogP contribution in [0.2, 0.25) is 0 Å². The lowest BCUT2D eigenvalue weighted by molar-refractivity contribution is -0.180. The maximum Gasteiger partial charge on any atom is 0.108 e. The van der Waals surface area contributed by atoms with Crippen molar-refractivity contribution in [3.05, 3.63) is 0 Å². The van der Waals surface area contributed by atoms with Gasteiger partial charge in [0.15, 0.2) is 0 Å². The van der Waals surface area contributed by atoms with Gasteiger partial charge in [-0.1, -0.05) is 20.8 Å². The van der Waals surface area contributed by atoms with Gasteiger partial charge in [-0.15, -0.1) is 0 Å². The molecule has 1 aliphatic rings. The second-order valence-corrected chi connectivity index (χ2v) is 4.79. The van der Waals surface area contributed by atoms with Crippen molar-refractivity contribution in [3.8, 4) is 0 Å². The maximum atomic E-state index is 5.93. The first-order valence-electron chi connectivity index (χ1n) is 4.80. The lowest BCUT2D eigenvalue weighted by Crippen LogP contribution is -2.58. The summed E-state index contributed by atoms with van der Waals surface area (Å²) >= 11 is 0. The average molecular weight is 171 g/mol.